The molecule has 1 aliphatic rings. The molecule has 3 nitrogen and oxygen atoms in total. The summed E-state index contributed by atoms with van der Waals surface area (Å²) in [6, 6.07) is 21.1. The Morgan fingerprint density at radius 3 is 2.21 bits per heavy atom. The van der Waals surface area contributed by atoms with Crippen LogP contribution >= 0.6 is 11.3 Å². The molecule has 0 radical (unpaired) electrons. The van der Waals surface area contributed by atoms with Crippen LogP contribution in [-0.2, 0) is 6.54 Å². The van der Waals surface area contributed by atoms with E-state index in [0.717, 1.165) is 38.4 Å². The molecular weight excluding hydrogens is 314 g/mol. The molecule has 4 rings (SSSR count). The van der Waals surface area contributed by atoms with E-state index in [2.05, 4.69) is 69.8 Å². The molecule has 0 bridgehead atoms. The van der Waals surface area contributed by atoms with Gasteiger partial charge in [-0.25, -0.2) is 4.98 Å². The summed E-state index contributed by atoms with van der Waals surface area (Å²) < 4.78 is 0. The summed E-state index contributed by atoms with van der Waals surface area (Å²) in [6.45, 7) is 5.31. The lowest BCUT2D eigenvalue weighted by atomic mass is 10.2. The minimum atomic E-state index is 0.958. The van der Waals surface area contributed by atoms with Crippen molar-refractivity contribution in [2.45, 2.75) is 6.54 Å². The van der Waals surface area contributed by atoms with Crippen molar-refractivity contribution < 1.29 is 0 Å². The second-order valence-electron chi connectivity index (χ2n) is 6.09. The molecular formula is C20H21N3S. The number of piperazine rings is 1. The highest BCUT2D eigenvalue weighted by Gasteiger charge is 2.18. The second kappa shape index (κ2) is 7.16. The molecule has 0 amide bonds. The van der Waals surface area contributed by atoms with E-state index in [1.807, 2.05) is 6.07 Å². The number of thiazole rings is 1. The number of anilines is 1. The molecule has 1 fully saturated rings. The maximum Gasteiger partial charge on any atom is 0.107 e. The van der Waals surface area contributed by atoms with Gasteiger partial charge in [0.1, 0.15) is 5.01 Å². The Hall–Kier alpha value is -2.17. The van der Waals surface area contributed by atoms with Crippen molar-refractivity contribution in [3.8, 4) is 11.3 Å². The van der Waals surface area contributed by atoms with Gasteiger partial charge in [-0.2, -0.15) is 0 Å². The van der Waals surface area contributed by atoms with Crippen LogP contribution in [0.1, 0.15) is 5.01 Å². The molecule has 4 heteroatoms. The maximum atomic E-state index is 4.82. The van der Waals surface area contributed by atoms with Crippen molar-refractivity contribution in [3.05, 3.63) is 71.1 Å². The molecule has 0 atom stereocenters. The number of hydrogen-bond donors (Lipinski definition) is 0. The van der Waals surface area contributed by atoms with E-state index in [-0.39, 0.29) is 0 Å². The van der Waals surface area contributed by atoms with Gasteiger partial charge in [-0.05, 0) is 12.1 Å². The summed E-state index contributed by atoms with van der Waals surface area (Å²) in [5.41, 5.74) is 3.63. The summed E-state index contributed by atoms with van der Waals surface area (Å²) in [5.74, 6) is 0. The third-order valence-corrected chi connectivity index (χ3v) is 5.31. The van der Waals surface area contributed by atoms with E-state index in [0.29, 0.717) is 0 Å². The largest absolute Gasteiger partial charge is 0.369 e. The second-order valence-corrected chi connectivity index (χ2v) is 7.03. The Balaban J connectivity index is 1.35. The van der Waals surface area contributed by atoms with Crippen molar-refractivity contribution in [2.24, 2.45) is 0 Å². The van der Waals surface area contributed by atoms with E-state index >= 15 is 0 Å². The van der Waals surface area contributed by atoms with Crippen LogP contribution in [-0.4, -0.2) is 36.1 Å². The molecule has 24 heavy (non-hydrogen) atoms. The fourth-order valence-electron chi connectivity index (χ4n) is 3.12. The summed E-state index contributed by atoms with van der Waals surface area (Å²) in [5, 5.41) is 3.38. The van der Waals surface area contributed by atoms with Gasteiger partial charge in [0.2, 0.25) is 0 Å². The number of benzene rings is 2. The van der Waals surface area contributed by atoms with Gasteiger partial charge in [-0.1, -0.05) is 48.5 Å². The van der Waals surface area contributed by atoms with Crippen LogP contribution in [0.15, 0.2) is 66.0 Å². The highest BCUT2D eigenvalue weighted by molar-refractivity contribution is 7.09. The number of aromatic nitrogens is 1. The summed E-state index contributed by atoms with van der Waals surface area (Å²) >= 11 is 1.77. The van der Waals surface area contributed by atoms with Crippen molar-refractivity contribution in [3.63, 3.8) is 0 Å². The van der Waals surface area contributed by atoms with Gasteiger partial charge >= 0.3 is 0 Å². The Bertz CT molecular complexity index is 762. The van der Waals surface area contributed by atoms with Crippen LogP contribution < -0.4 is 4.90 Å². The number of hydrogen-bond acceptors (Lipinski definition) is 4. The Morgan fingerprint density at radius 1 is 0.833 bits per heavy atom. The average Bonchev–Trinajstić information content (AvgIpc) is 3.12. The molecule has 1 aliphatic heterocycles. The lowest BCUT2D eigenvalue weighted by Crippen LogP contribution is -2.45. The Morgan fingerprint density at radius 2 is 1.50 bits per heavy atom. The van der Waals surface area contributed by atoms with Crippen LogP contribution in [0.5, 0.6) is 0 Å². The predicted octanol–water partition coefficient (Wildman–Crippen LogP) is 4.13. The van der Waals surface area contributed by atoms with Gasteiger partial charge in [-0.3, -0.25) is 4.90 Å². The maximum absolute atomic E-state index is 4.82. The van der Waals surface area contributed by atoms with Crippen LogP contribution in [0.3, 0.4) is 0 Å². The Labute approximate surface area is 147 Å². The van der Waals surface area contributed by atoms with E-state index in [1.54, 1.807) is 11.3 Å². The molecule has 1 saturated heterocycles. The zero-order valence-corrected chi connectivity index (χ0v) is 14.5. The molecule has 122 valence electrons. The average molecular weight is 335 g/mol. The van der Waals surface area contributed by atoms with Crippen LogP contribution in [0.25, 0.3) is 11.3 Å². The fourth-order valence-corrected chi connectivity index (χ4v) is 3.96. The van der Waals surface area contributed by atoms with Crippen LogP contribution in [0, 0.1) is 0 Å². The molecule has 0 N–H and O–H groups in total. The molecule has 0 spiro atoms. The third kappa shape index (κ3) is 3.50. The molecule has 1 aromatic heterocycles. The fraction of sp³-hybridized carbons (Fsp3) is 0.250. The van der Waals surface area contributed by atoms with Crippen molar-refractivity contribution in [1.82, 2.24) is 9.88 Å². The SMILES string of the molecule is c1ccc(-c2csc(CN3CCN(c4ccccc4)CC3)n2)cc1. The molecule has 3 aromatic rings. The lowest BCUT2D eigenvalue weighted by Gasteiger charge is -2.35. The topological polar surface area (TPSA) is 19.4 Å². The summed E-state index contributed by atoms with van der Waals surface area (Å²) in [4.78, 5) is 9.79. The highest BCUT2D eigenvalue weighted by Crippen LogP contribution is 2.23. The van der Waals surface area contributed by atoms with Gasteiger partial charge in [-0.15, -0.1) is 11.3 Å². The lowest BCUT2D eigenvalue weighted by molar-refractivity contribution is 0.249. The zero-order valence-electron chi connectivity index (χ0n) is 13.6. The molecule has 0 saturated carbocycles. The van der Waals surface area contributed by atoms with Crippen molar-refractivity contribution >= 4 is 17.0 Å². The van der Waals surface area contributed by atoms with Gasteiger partial charge < -0.3 is 4.90 Å². The first-order valence-corrected chi connectivity index (χ1v) is 9.29. The molecule has 2 aromatic carbocycles. The van der Waals surface area contributed by atoms with Crippen molar-refractivity contribution in [1.29, 1.82) is 0 Å². The van der Waals surface area contributed by atoms with Crippen molar-refractivity contribution in [2.75, 3.05) is 31.1 Å². The Kier molecular flexibility index (Phi) is 4.58. The van der Waals surface area contributed by atoms with Gasteiger partial charge in [0.15, 0.2) is 0 Å². The predicted molar refractivity (Wildman–Crippen MR) is 101 cm³/mol. The monoisotopic (exact) mass is 335 g/mol. The third-order valence-electron chi connectivity index (χ3n) is 4.47. The van der Waals surface area contributed by atoms with E-state index in [4.69, 9.17) is 4.98 Å². The minimum absolute atomic E-state index is 0.958. The zero-order chi connectivity index (χ0) is 16.2. The number of rotatable bonds is 4. The van der Waals surface area contributed by atoms with Gasteiger partial charge in [0.05, 0.1) is 12.2 Å². The first kappa shape index (κ1) is 15.4. The number of para-hydroxylation sites is 1. The minimum Gasteiger partial charge on any atom is -0.369 e. The normalized spacial score (nSPS) is 15.6. The first-order chi connectivity index (χ1) is 11.9. The molecule has 0 unspecified atom stereocenters. The standard InChI is InChI=1S/C20H21N3S/c1-3-7-17(8-4-1)19-16-24-20(21-19)15-22-11-13-23(14-12-22)18-9-5-2-6-10-18/h1-10,16H,11-15H2. The van der Waals surface area contributed by atoms with E-state index in [9.17, 15) is 0 Å². The highest BCUT2D eigenvalue weighted by atomic mass is 32.1. The van der Waals surface area contributed by atoms with E-state index < -0.39 is 0 Å². The summed E-state index contributed by atoms with van der Waals surface area (Å²) in [7, 11) is 0. The molecule has 0 aliphatic carbocycles. The summed E-state index contributed by atoms with van der Waals surface area (Å²) in [6.07, 6.45) is 0. The number of nitrogens with zero attached hydrogens (tertiary/aromatic N) is 3. The van der Waals surface area contributed by atoms with Gasteiger partial charge in [0, 0.05) is 42.8 Å². The van der Waals surface area contributed by atoms with Gasteiger partial charge in [0.25, 0.3) is 0 Å². The van der Waals surface area contributed by atoms with Crippen LogP contribution in [0.2, 0.25) is 0 Å². The smallest absolute Gasteiger partial charge is 0.107 e. The molecule has 2 heterocycles. The first-order valence-electron chi connectivity index (χ1n) is 8.41. The van der Waals surface area contributed by atoms with Crippen LogP contribution in [0.4, 0.5) is 5.69 Å². The quantitative estimate of drug-likeness (QED) is 0.714. The van der Waals surface area contributed by atoms with E-state index in [1.165, 1.54) is 16.3 Å².